The third-order valence-electron chi connectivity index (χ3n) is 4.96. The number of methoxy groups -OCH3 is 1. The van der Waals surface area contributed by atoms with E-state index in [-0.39, 0.29) is 36.1 Å². The summed E-state index contributed by atoms with van der Waals surface area (Å²) in [5, 5.41) is 5.06. The lowest BCUT2D eigenvalue weighted by molar-refractivity contribution is -0.274. The molecule has 0 spiro atoms. The van der Waals surface area contributed by atoms with Crippen molar-refractivity contribution in [2.24, 2.45) is 0 Å². The number of nitrogens with zero attached hydrogens (tertiary/aromatic N) is 2. The molecule has 2 aromatic heterocycles. The number of rotatable bonds is 14. The Kier molecular flexibility index (Phi) is 11.7. The summed E-state index contributed by atoms with van der Waals surface area (Å²) in [5.41, 5.74) is 1.08. The lowest BCUT2D eigenvalue weighted by Gasteiger charge is -2.23. The van der Waals surface area contributed by atoms with E-state index >= 15 is 0 Å². The molecule has 14 heteroatoms. The molecule has 2 unspecified atom stereocenters. The lowest BCUT2D eigenvalue weighted by Crippen LogP contribution is -2.40. The first-order valence-electron chi connectivity index (χ1n) is 11.9. The first-order chi connectivity index (χ1) is 19.2. The Bertz CT molecular complexity index is 1240. The summed E-state index contributed by atoms with van der Waals surface area (Å²) in [7, 11) is 1.51. The number of hydrogen-bond acceptors (Lipinski definition) is 9. The predicted molar refractivity (Wildman–Crippen MR) is 140 cm³/mol. The fourth-order valence-electron chi connectivity index (χ4n) is 3.21. The Morgan fingerprint density at radius 3 is 2.38 bits per heavy atom. The topological polar surface area (TPSA) is 121 Å². The van der Waals surface area contributed by atoms with Gasteiger partial charge in [-0.1, -0.05) is 11.8 Å². The maximum Gasteiger partial charge on any atom is 0.573 e. The van der Waals surface area contributed by atoms with Gasteiger partial charge in [0.25, 0.3) is 11.8 Å². The van der Waals surface area contributed by atoms with Crippen molar-refractivity contribution in [2.75, 3.05) is 32.2 Å². The van der Waals surface area contributed by atoms with Crippen LogP contribution in [0.15, 0.2) is 72.1 Å². The number of hydrogen-bond donors (Lipinski definition) is 2. The summed E-state index contributed by atoms with van der Waals surface area (Å²) in [4.78, 5) is 34.5. The van der Waals surface area contributed by atoms with Gasteiger partial charge in [-0.3, -0.25) is 14.6 Å². The minimum Gasteiger partial charge on any atom is -0.406 e. The van der Waals surface area contributed by atoms with Crippen LogP contribution in [0.3, 0.4) is 0 Å². The van der Waals surface area contributed by atoms with Crippen molar-refractivity contribution >= 4 is 29.3 Å². The van der Waals surface area contributed by atoms with Crippen molar-refractivity contribution in [3.63, 3.8) is 0 Å². The number of ether oxygens (including phenoxy) is 4. The number of alkyl halides is 3. The summed E-state index contributed by atoms with van der Waals surface area (Å²) in [5.74, 6) is -1.53. The van der Waals surface area contributed by atoms with Gasteiger partial charge >= 0.3 is 6.36 Å². The zero-order valence-corrected chi connectivity index (χ0v) is 22.3. The van der Waals surface area contributed by atoms with Gasteiger partial charge in [0.15, 0.2) is 0 Å². The molecule has 10 nitrogen and oxygen atoms in total. The SMILES string of the molecule is CCOC(OCCOC)C(=O)NC(Sc1ncccc1C(=O)Nc1ccc(OC(F)(F)F)cc1)c1ccncc1. The maximum absolute atomic E-state index is 13.1. The second-order valence-electron chi connectivity index (χ2n) is 7.82. The second kappa shape index (κ2) is 15.2. The van der Waals surface area contributed by atoms with Crippen LogP contribution < -0.4 is 15.4 Å². The number of aromatic nitrogens is 2. The zero-order valence-electron chi connectivity index (χ0n) is 21.5. The molecule has 0 aliphatic heterocycles. The number of nitrogens with one attached hydrogen (secondary N) is 2. The highest BCUT2D eigenvalue weighted by molar-refractivity contribution is 7.99. The molecule has 40 heavy (non-hydrogen) atoms. The minimum atomic E-state index is -4.83. The van der Waals surface area contributed by atoms with Crippen molar-refractivity contribution < 1.29 is 41.7 Å². The Labute approximate surface area is 232 Å². The number of thioether (sulfide) groups is 1. The molecule has 0 radical (unpaired) electrons. The quantitative estimate of drug-likeness (QED) is 0.161. The van der Waals surface area contributed by atoms with Crippen LogP contribution in [0.5, 0.6) is 5.75 Å². The van der Waals surface area contributed by atoms with Crippen LogP contribution in [0, 0.1) is 0 Å². The average Bonchev–Trinajstić information content (AvgIpc) is 2.93. The highest BCUT2D eigenvalue weighted by Gasteiger charge is 2.31. The molecule has 0 saturated heterocycles. The van der Waals surface area contributed by atoms with Crippen LogP contribution in [0.4, 0.5) is 18.9 Å². The number of benzene rings is 1. The van der Waals surface area contributed by atoms with Crippen LogP contribution in [-0.4, -0.2) is 61.4 Å². The summed E-state index contributed by atoms with van der Waals surface area (Å²) in [6.45, 7) is 2.36. The third kappa shape index (κ3) is 9.79. The van der Waals surface area contributed by atoms with Gasteiger partial charge in [0.1, 0.15) is 16.1 Å². The summed E-state index contributed by atoms with van der Waals surface area (Å²) < 4.78 is 57.0. The fourth-order valence-corrected chi connectivity index (χ4v) is 4.31. The molecule has 2 atom stereocenters. The number of halogens is 3. The van der Waals surface area contributed by atoms with Gasteiger partial charge in [-0.15, -0.1) is 13.2 Å². The number of pyridine rings is 2. The van der Waals surface area contributed by atoms with Gasteiger partial charge < -0.3 is 29.6 Å². The molecular weight excluding hydrogens is 553 g/mol. The Morgan fingerprint density at radius 1 is 1.00 bits per heavy atom. The number of carbonyl (C=O) groups excluding carboxylic acids is 2. The molecule has 1 aromatic carbocycles. The van der Waals surface area contributed by atoms with Gasteiger partial charge in [0, 0.05) is 38.0 Å². The van der Waals surface area contributed by atoms with E-state index in [4.69, 9.17) is 14.2 Å². The monoisotopic (exact) mass is 580 g/mol. The largest absolute Gasteiger partial charge is 0.573 e. The number of anilines is 1. The van der Waals surface area contributed by atoms with Crippen molar-refractivity contribution in [1.29, 1.82) is 0 Å². The molecule has 2 amide bonds. The highest BCUT2D eigenvalue weighted by Crippen LogP contribution is 2.34. The van der Waals surface area contributed by atoms with Crippen molar-refractivity contribution in [2.45, 2.75) is 30.0 Å². The lowest BCUT2D eigenvalue weighted by atomic mass is 10.2. The number of amides is 2. The molecule has 0 bridgehead atoms. The van der Waals surface area contributed by atoms with E-state index in [0.29, 0.717) is 5.56 Å². The van der Waals surface area contributed by atoms with Gasteiger partial charge in [0.05, 0.1) is 18.8 Å². The number of carbonyl (C=O) groups is 2. The molecule has 0 aliphatic carbocycles. The van der Waals surface area contributed by atoms with Gasteiger partial charge in [-0.25, -0.2) is 4.98 Å². The average molecular weight is 581 g/mol. The van der Waals surface area contributed by atoms with Crippen LogP contribution in [0.2, 0.25) is 0 Å². The molecule has 2 N–H and O–H groups in total. The van der Waals surface area contributed by atoms with Crippen molar-refractivity contribution in [3.05, 3.63) is 78.2 Å². The van der Waals surface area contributed by atoms with E-state index in [9.17, 15) is 22.8 Å². The van der Waals surface area contributed by atoms with Gasteiger partial charge in [-0.05, 0) is 61.0 Å². The standard InChI is InChI=1S/C26H27F3N4O6S/c1-3-37-25(38-16-15-36-2)22(35)33-23(17-10-13-30-14-11-17)40-24-20(5-4-12-31-24)21(34)32-18-6-8-19(9-7-18)39-26(27,28)29/h4-14,23,25H,3,15-16H2,1-2H3,(H,32,34)(H,33,35). The Morgan fingerprint density at radius 2 is 1.73 bits per heavy atom. The summed E-state index contributed by atoms with van der Waals surface area (Å²) in [6.07, 6.45) is -1.41. The minimum absolute atomic E-state index is 0.134. The van der Waals surface area contributed by atoms with E-state index in [1.165, 1.54) is 31.5 Å². The van der Waals surface area contributed by atoms with Crippen LogP contribution in [0.25, 0.3) is 0 Å². The molecule has 214 valence electrons. The second-order valence-corrected chi connectivity index (χ2v) is 8.91. The predicted octanol–water partition coefficient (Wildman–Crippen LogP) is 4.56. The molecule has 2 heterocycles. The Hall–Kier alpha value is -3.72. The van der Waals surface area contributed by atoms with E-state index < -0.39 is 35.6 Å². The van der Waals surface area contributed by atoms with E-state index in [1.807, 2.05) is 0 Å². The van der Waals surface area contributed by atoms with E-state index in [2.05, 4.69) is 25.3 Å². The first kappa shape index (κ1) is 30.8. The fraction of sp³-hybridized carbons (Fsp3) is 0.308. The Balaban J connectivity index is 1.79. The zero-order chi connectivity index (χ0) is 29.0. The van der Waals surface area contributed by atoms with E-state index in [0.717, 1.165) is 23.9 Å². The maximum atomic E-state index is 13.1. The molecule has 0 aliphatic rings. The highest BCUT2D eigenvalue weighted by atomic mass is 32.2. The molecule has 3 aromatic rings. The van der Waals surface area contributed by atoms with E-state index in [1.54, 1.807) is 37.5 Å². The molecule has 0 fully saturated rings. The van der Waals surface area contributed by atoms with Crippen LogP contribution in [0.1, 0.15) is 28.2 Å². The molecule has 3 rings (SSSR count). The van der Waals surface area contributed by atoms with Crippen molar-refractivity contribution in [1.82, 2.24) is 15.3 Å². The van der Waals surface area contributed by atoms with Gasteiger partial charge in [0.2, 0.25) is 6.29 Å². The van der Waals surface area contributed by atoms with Crippen LogP contribution >= 0.6 is 11.8 Å². The summed E-state index contributed by atoms with van der Waals surface area (Å²) in [6, 6.07) is 11.2. The molecule has 0 saturated carbocycles. The van der Waals surface area contributed by atoms with Crippen molar-refractivity contribution in [3.8, 4) is 5.75 Å². The molecular formula is C26H27F3N4O6S. The normalized spacial score (nSPS) is 12.8. The third-order valence-corrected chi connectivity index (χ3v) is 6.14. The van der Waals surface area contributed by atoms with Gasteiger partial charge in [-0.2, -0.15) is 0 Å². The van der Waals surface area contributed by atoms with Crippen LogP contribution in [-0.2, 0) is 19.0 Å². The smallest absolute Gasteiger partial charge is 0.406 e. The summed E-state index contributed by atoms with van der Waals surface area (Å²) >= 11 is 1.10. The first-order valence-corrected chi connectivity index (χ1v) is 12.8.